The zero-order valence-corrected chi connectivity index (χ0v) is 11.2. The monoisotopic (exact) mass is 283 g/mol. The van der Waals surface area contributed by atoms with E-state index in [1.165, 1.54) is 6.20 Å². The fourth-order valence-corrected chi connectivity index (χ4v) is 1.78. The minimum atomic E-state index is 0.373. The number of halogens is 2. The van der Waals surface area contributed by atoms with Crippen LogP contribution in [0.25, 0.3) is 0 Å². The summed E-state index contributed by atoms with van der Waals surface area (Å²) in [7, 11) is 0. The average molecular weight is 284 g/mol. The quantitative estimate of drug-likeness (QED) is 0.921. The van der Waals surface area contributed by atoms with E-state index in [0.29, 0.717) is 27.5 Å². The molecule has 0 aliphatic carbocycles. The fraction of sp³-hybridized carbons (Fsp3) is 0.167. The van der Waals surface area contributed by atoms with Gasteiger partial charge in [-0.1, -0.05) is 23.2 Å². The highest BCUT2D eigenvalue weighted by Gasteiger charge is 2.05. The molecule has 0 spiro atoms. The number of hydrogen-bond acceptors (Lipinski definition) is 4. The van der Waals surface area contributed by atoms with E-state index >= 15 is 0 Å². The lowest BCUT2D eigenvalue weighted by molar-refractivity contribution is 0.461. The van der Waals surface area contributed by atoms with E-state index in [4.69, 9.17) is 27.9 Å². The van der Waals surface area contributed by atoms with Crippen molar-refractivity contribution in [2.75, 3.05) is 11.9 Å². The second kappa shape index (κ2) is 5.89. The first-order valence-corrected chi connectivity index (χ1v) is 6.13. The SMILES string of the molecule is CCNc1cncc(Oc2ccc(Cl)cc2Cl)n1. The average Bonchev–Trinajstić information content (AvgIpc) is 2.34. The van der Waals surface area contributed by atoms with Crippen LogP contribution >= 0.6 is 23.2 Å². The van der Waals surface area contributed by atoms with Crippen molar-refractivity contribution in [2.45, 2.75) is 6.92 Å². The van der Waals surface area contributed by atoms with Crippen molar-refractivity contribution >= 4 is 29.0 Å². The van der Waals surface area contributed by atoms with Crippen molar-refractivity contribution in [3.05, 3.63) is 40.6 Å². The third-order valence-electron chi connectivity index (χ3n) is 2.08. The van der Waals surface area contributed by atoms with Gasteiger partial charge in [-0.3, -0.25) is 4.98 Å². The predicted molar refractivity (Wildman–Crippen MR) is 72.7 cm³/mol. The smallest absolute Gasteiger partial charge is 0.239 e. The van der Waals surface area contributed by atoms with Crippen molar-refractivity contribution in [1.29, 1.82) is 0 Å². The van der Waals surface area contributed by atoms with Gasteiger partial charge in [0.2, 0.25) is 5.88 Å². The minimum absolute atomic E-state index is 0.373. The summed E-state index contributed by atoms with van der Waals surface area (Å²) in [5.74, 6) is 1.52. The van der Waals surface area contributed by atoms with E-state index in [-0.39, 0.29) is 0 Å². The molecular formula is C12H11Cl2N3O. The van der Waals surface area contributed by atoms with E-state index in [9.17, 15) is 0 Å². The molecule has 0 aliphatic rings. The first-order chi connectivity index (χ1) is 8.69. The first-order valence-electron chi connectivity index (χ1n) is 5.38. The van der Waals surface area contributed by atoms with Crippen LogP contribution in [0.3, 0.4) is 0 Å². The van der Waals surface area contributed by atoms with Crippen molar-refractivity contribution in [3.63, 3.8) is 0 Å². The Kier molecular flexibility index (Phi) is 4.23. The van der Waals surface area contributed by atoms with Crippen LogP contribution < -0.4 is 10.1 Å². The molecule has 94 valence electrons. The van der Waals surface area contributed by atoms with Gasteiger partial charge in [0, 0.05) is 11.6 Å². The molecule has 1 aromatic carbocycles. The molecule has 1 aromatic heterocycles. The van der Waals surface area contributed by atoms with Crippen molar-refractivity contribution in [1.82, 2.24) is 9.97 Å². The topological polar surface area (TPSA) is 47.0 Å². The maximum Gasteiger partial charge on any atom is 0.239 e. The summed E-state index contributed by atoms with van der Waals surface area (Å²) >= 11 is 11.8. The highest BCUT2D eigenvalue weighted by molar-refractivity contribution is 6.35. The number of anilines is 1. The highest BCUT2D eigenvalue weighted by atomic mass is 35.5. The Bertz CT molecular complexity index is 549. The van der Waals surface area contributed by atoms with Gasteiger partial charge in [-0.05, 0) is 25.1 Å². The largest absolute Gasteiger partial charge is 0.436 e. The predicted octanol–water partition coefficient (Wildman–Crippen LogP) is 4.01. The molecule has 2 aromatic rings. The molecule has 18 heavy (non-hydrogen) atoms. The summed E-state index contributed by atoms with van der Waals surface area (Å²) in [5.41, 5.74) is 0. The van der Waals surface area contributed by atoms with Crippen molar-refractivity contribution in [3.8, 4) is 11.6 Å². The lowest BCUT2D eigenvalue weighted by atomic mass is 10.3. The third kappa shape index (κ3) is 3.24. The van der Waals surface area contributed by atoms with Gasteiger partial charge < -0.3 is 10.1 Å². The summed E-state index contributed by atoms with van der Waals surface area (Å²) in [6.45, 7) is 2.74. The molecule has 0 amide bonds. The summed E-state index contributed by atoms with van der Waals surface area (Å²) in [4.78, 5) is 8.26. The molecule has 0 saturated carbocycles. The standard InChI is InChI=1S/C12H11Cl2N3O/c1-2-16-11-6-15-7-12(17-11)18-10-4-3-8(13)5-9(10)14/h3-7H,2H2,1H3,(H,16,17). The molecule has 0 aliphatic heterocycles. The number of nitrogens with zero attached hydrogens (tertiary/aromatic N) is 2. The van der Waals surface area contributed by atoms with Crippen LogP contribution in [0.5, 0.6) is 11.6 Å². The van der Waals surface area contributed by atoms with E-state index in [2.05, 4.69) is 15.3 Å². The van der Waals surface area contributed by atoms with Gasteiger partial charge in [0.1, 0.15) is 11.6 Å². The Balaban J connectivity index is 2.20. The molecule has 0 bridgehead atoms. The first kappa shape index (κ1) is 12.9. The maximum atomic E-state index is 6.01. The molecule has 0 radical (unpaired) electrons. The summed E-state index contributed by atoms with van der Waals surface area (Å²) < 4.78 is 5.55. The molecule has 2 rings (SSSR count). The number of aromatic nitrogens is 2. The lowest BCUT2D eigenvalue weighted by Gasteiger charge is -2.08. The van der Waals surface area contributed by atoms with E-state index in [0.717, 1.165) is 6.54 Å². The molecule has 1 N–H and O–H groups in total. The normalized spacial score (nSPS) is 10.2. The molecular weight excluding hydrogens is 273 g/mol. The van der Waals surface area contributed by atoms with Gasteiger partial charge >= 0.3 is 0 Å². The second-order valence-corrected chi connectivity index (χ2v) is 4.29. The summed E-state index contributed by atoms with van der Waals surface area (Å²) in [6.07, 6.45) is 3.14. The van der Waals surface area contributed by atoms with Gasteiger partial charge in [0.15, 0.2) is 0 Å². The van der Waals surface area contributed by atoms with Gasteiger partial charge in [-0.2, -0.15) is 4.98 Å². The zero-order chi connectivity index (χ0) is 13.0. The number of nitrogens with one attached hydrogen (secondary N) is 1. The van der Waals surface area contributed by atoms with E-state index in [1.54, 1.807) is 24.4 Å². The Hall–Kier alpha value is -1.52. The molecule has 1 heterocycles. The lowest BCUT2D eigenvalue weighted by Crippen LogP contribution is -2.00. The Morgan fingerprint density at radius 2 is 2.11 bits per heavy atom. The molecule has 0 atom stereocenters. The van der Waals surface area contributed by atoms with Crippen LogP contribution in [-0.2, 0) is 0 Å². The minimum Gasteiger partial charge on any atom is -0.436 e. The van der Waals surface area contributed by atoms with Crippen LogP contribution in [0.1, 0.15) is 6.92 Å². The van der Waals surface area contributed by atoms with E-state index < -0.39 is 0 Å². The van der Waals surface area contributed by atoms with Crippen LogP contribution in [0.4, 0.5) is 5.82 Å². The third-order valence-corrected chi connectivity index (χ3v) is 2.61. The Morgan fingerprint density at radius 1 is 1.28 bits per heavy atom. The van der Waals surface area contributed by atoms with E-state index in [1.807, 2.05) is 6.92 Å². The van der Waals surface area contributed by atoms with Gasteiger partial charge in [0.25, 0.3) is 0 Å². The summed E-state index contributed by atoms with van der Waals surface area (Å²) in [5, 5.41) is 4.03. The molecule has 4 nitrogen and oxygen atoms in total. The zero-order valence-electron chi connectivity index (χ0n) is 9.65. The van der Waals surface area contributed by atoms with Crippen LogP contribution in [0.2, 0.25) is 10.0 Å². The fourth-order valence-electron chi connectivity index (χ4n) is 1.33. The van der Waals surface area contributed by atoms with Gasteiger partial charge in [-0.25, -0.2) is 0 Å². The Labute approximate surface area is 115 Å². The number of ether oxygens (including phenoxy) is 1. The molecule has 0 fully saturated rings. The molecule has 0 unspecified atom stereocenters. The molecule has 0 saturated heterocycles. The summed E-state index contributed by atoms with van der Waals surface area (Å²) in [6, 6.07) is 5.00. The van der Waals surface area contributed by atoms with Crippen molar-refractivity contribution < 1.29 is 4.74 Å². The number of hydrogen-bond donors (Lipinski definition) is 1. The second-order valence-electron chi connectivity index (χ2n) is 3.45. The van der Waals surface area contributed by atoms with Crippen LogP contribution in [0, 0.1) is 0 Å². The number of rotatable bonds is 4. The maximum absolute atomic E-state index is 6.01. The van der Waals surface area contributed by atoms with Gasteiger partial charge in [0.05, 0.1) is 17.4 Å². The highest BCUT2D eigenvalue weighted by Crippen LogP contribution is 2.30. The van der Waals surface area contributed by atoms with Gasteiger partial charge in [-0.15, -0.1) is 0 Å². The Morgan fingerprint density at radius 3 is 2.83 bits per heavy atom. The van der Waals surface area contributed by atoms with Crippen LogP contribution in [-0.4, -0.2) is 16.5 Å². The number of benzene rings is 1. The van der Waals surface area contributed by atoms with Crippen LogP contribution in [0.15, 0.2) is 30.6 Å². The molecule has 6 heteroatoms. The van der Waals surface area contributed by atoms with Crippen molar-refractivity contribution in [2.24, 2.45) is 0 Å².